The molecule has 1 rings (SSSR count). The van der Waals surface area contributed by atoms with Crippen molar-refractivity contribution in [1.82, 2.24) is 9.97 Å². The molecule has 0 unspecified atom stereocenters. The van der Waals surface area contributed by atoms with Crippen LogP contribution in [0.5, 0.6) is 0 Å². The highest BCUT2D eigenvalue weighted by Crippen LogP contribution is 2.20. The van der Waals surface area contributed by atoms with Crippen LogP contribution in [0.25, 0.3) is 0 Å². The Morgan fingerprint density at radius 2 is 2.54 bits per heavy atom. The topological polar surface area (TPSA) is 55.0 Å². The van der Waals surface area contributed by atoms with E-state index in [1.807, 2.05) is 0 Å². The van der Waals surface area contributed by atoms with Crippen LogP contribution < -0.4 is 5.56 Å². The lowest BCUT2D eigenvalue weighted by molar-refractivity contribution is 0.218. The molecule has 0 aliphatic heterocycles. The molecule has 13 heavy (non-hydrogen) atoms. The number of hydrogen-bond donors (Lipinski definition) is 1. The summed E-state index contributed by atoms with van der Waals surface area (Å²) in [5, 5.41) is 0.695. The zero-order valence-corrected chi connectivity index (χ0v) is 9.44. The van der Waals surface area contributed by atoms with Crippen LogP contribution in [0, 0.1) is 0 Å². The quantitative estimate of drug-likeness (QED) is 0.506. The van der Waals surface area contributed by atoms with Gasteiger partial charge in [0.05, 0.1) is 12.9 Å². The van der Waals surface area contributed by atoms with Gasteiger partial charge in [0.2, 0.25) is 0 Å². The molecule has 0 spiro atoms. The monoisotopic (exact) mass is 264 g/mol. The fraction of sp³-hybridized carbons (Fsp3) is 0.429. The zero-order chi connectivity index (χ0) is 9.68. The van der Waals surface area contributed by atoms with Crippen molar-refractivity contribution in [3.8, 4) is 0 Å². The number of nitrogens with one attached hydrogen (secondary N) is 1. The third kappa shape index (κ3) is 3.13. The van der Waals surface area contributed by atoms with E-state index in [4.69, 9.17) is 4.74 Å². The minimum absolute atomic E-state index is 0.157. The van der Waals surface area contributed by atoms with Crippen LogP contribution in [-0.2, 0) is 4.74 Å². The van der Waals surface area contributed by atoms with Gasteiger partial charge in [-0.15, -0.1) is 11.8 Å². The molecule has 1 aromatic heterocycles. The summed E-state index contributed by atoms with van der Waals surface area (Å²) in [5.74, 6) is 0.783. The minimum atomic E-state index is -0.157. The maximum absolute atomic E-state index is 11.1. The van der Waals surface area contributed by atoms with Crippen LogP contribution in [0.15, 0.2) is 20.6 Å². The molecule has 1 aromatic rings. The zero-order valence-electron chi connectivity index (χ0n) is 7.04. The fourth-order valence-electron chi connectivity index (χ4n) is 0.689. The lowest BCUT2D eigenvalue weighted by Gasteiger charge is -2.00. The van der Waals surface area contributed by atoms with Gasteiger partial charge in [-0.1, -0.05) is 0 Å². The normalized spacial score (nSPS) is 10.3. The maximum Gasteiger partial charge on any atom is 0.266 e. The van der Waals surface area contributed by atoms with Gasteiger partial charge in [-0.05, 0) is 15.9 Å². The van der Waals surface area contributed by atoms with E-state index in [0.717, 1.165) is 5.75 Å². The van der Waals surface area contributed by atoms with Crippen LogP contribution in [0.4, 0.5) is 0 Å². The Kier molecular flexibility index (Phi) is 4.47. The van der Waals surface area contributed by atoms with E-state index in [1.165, 1.54) is 18.1 Å². The second-order valence-corrected chi connectivity index (χ2v) is 4.07. The van der Waals surface area contributed by atoms with Gasteiger partial charge in [0.1, 0.15) is 9.50 Å². The van der Waals surface area contributed by atoms with Gasteiger partial charge in [-0.25, -0.2) is 4.98 Å². The number of hydrogen-bond acceptors (Lipinski definition) is 4. The van der Waals surface area contributed by atoms with Crippen molar-refractivity contribution in [1.29, 1.82) is 0 Å². The maximum atomic E-state index is 11.1. The molecule has 0 saturated carbocycles. The van der Waals surface area contributed by atoms with Crippen LogP contribution in [0.3, 0.4) is 0 Å². The summed E-state index contributed by atoms with van der Waals surface area (Å²) in [6.07, 6.45) is 1.39. The predicted octanol–water partition coefficient (Wildman–Crippen LogP) is 1.27. The molecule has 0 amide bonds. The number of methoxy groups -OCH3 is 1. The highest BCUT2D eigenvalue weighted by molar-refractivity contribution is 9.10. The molecule has 0 bridgehead atoms. The van der Waals surface area contributed by atoms with E-state index in [1.54, 1.807) is 7.11 Å². The van der Waals surface area contributed by atoms with Crippen molar-refractivity contribution >= 4 is 27.7 Å². The number of halogens is 1. The largest absolute Gasteiger partial charge is 0.384 e. The number of rotatable bonds is 4. The molecule has 0 aliphatic rings. The van der Waals surface area contributed by atoms with Crippen LogP contribution >= 0.6 is 27.7 Å². The van der Waals surface area contributed by atoms with Gasteiger partial charge in [0.25, 0.3) is 5.56 Å². The summed E-state index contributed by atoms with van der Waals surface area (Å²) in [4.78, 5) is 17.6. The summed E-state index contributed by atoms with van der Waals surface area (Å²) in [6, 6.07) is 0. The minimum Gasteiger partial charge on any atom is -0.384 e. The van der Waals surface area contributed by atoms with Crippen LogP contribution in [-0.4, -0.2) is 29.4 Å². The fourth-order valence-corrected chi connectivity index (χ4v) is 2.04. The number of thioether (sulfide) groups is 1. The Hall–Kier alpha value is -0.330. The Balaban J connectivity index is 2.66. The summed E-state index contributed by atoms with van der Waals surface area (Å²) in [6.45, 7) is 0.644. The molecule has 0 fully saturated rings. The van der Waals surface area contributed by atoms with Crippen LogP contribution in [0.1, 0.15) is 0 Å². The lowest BCUT2D eigenvalue weighted by atomic mass is 10.7. The molecule has 1 N–H and O–H groups in total. The first kappa shape index (κ1) is 10.7. The molecule has 72 valence electrons. The summed E-state index contributed by atoms with van der Waals surface area (Å²) in [7, 11) is 1.64. The second kappa shape index (κ2) is 5.41. The van der Waals surface area contributed by atoms with Crippen molar-refractivity contribution in [2.45, 2.75) is 5.03 Å². The molecular formula is C7H9BrN2O2S. The molecule has 1 heterocycles. The predicted molar refractivity (Wildman–Crippen MR) is 55.2 cm³/mol. The van der Waals surface area contributed by atoms with E-state index in [9.17, 15) is 4.79 Å². The van der Waals surface area contributed by atoms with E-state index in [-0.39, 0.29) is 5.56 Å². The summed E-state index contributed by atoms with van der Waals surface area (Å²) < 4.78 is 5.37. The first-order chi connectivity index (χ1) is 6.25. The lowest BCUT2D eigenvalue weighted by Crippen LogP contribution is -2.08. The summed E-state index contributed by atoms with van der Waals surface area (Å²) in [5.41, 5.74) is -0.157. The number of aromatic amines is 1. The molecule has 0 saturated heterocycles. The highest BCUT2D eigenvalue weighted by Gasteiger charge is 2.04. The Morgan fingerprint density at radius 1 is 1.77 bits per heavy atom. The average Bonchev–Trinajstić information content (AvgIpc) is 2.13. The van der Waals surface area contributed by atoms with E-state index in [0.29, 0.717) is 16.1 Å². The van der Waals surface area contributed by atoms with E-state index >= 15 is 0 Å². The molecule has 0 atom stereocenters. The Labute approximate surface area is 88.2 Å². The number of ether oxygens (including phenoxy) is 1. The van der Waals surface area contributed by atoms with Gasteiger partial charge in [-0.3, -0.25) is 4.79 Å². The molecular weight excluding hydrogens is 256 g/mol. The summed E-state index contributed by atoms with van der Waals surface area (Å²) >= 11 is 4.65. The van der Waals surface area contributed by atoms with Gasteiger partial charge in [-0.2, -0.15) is 0 Å². The average molecular weight is 265 g/mol. The SMILES string of the molecule is COCCSc1nc[nH]c(=O)c1Br. The molecule has 0 aliphatic carbocycles. The molecule has 0 radical (unpaired) electrons. The molecule has 6 heteroatoms. The third-order valence-corrected chi connectivity index (χ3v) is 3.24. The van der Waals surface area contributed by atoms with Crippen molar-refractivity contribution in [3.05, 3.63) is 21.2 Å². The number of nitrogens with zero attached hydrogens (tertiary/aromatic N) is 1. The number of H-pyrrole nitrogens is 1. The standard InChI is InChI=1S/C7H9BrN2O2S/c1-12-2-3-13-7-5(8)6(11)9-4-10-7/h4H,2-3H2,1H3,(H,9,10,11). The Bertz CT molecular complexity index is 329. The third-order valence-electron chi connectivity index (χ3n) is 1.29. The highest BCUT2D eigenvalue weighted by atomic mass is 79.9. The van der Waals surface area contributed by atoms with Crippen molar-refractivity contribution < 1.29 is 4.74 Å². The molecule has 4 nitrogen and oxygen atoms in total. The van der Waals surface area contributed by atoms with Gasteiger partial charge in [0, 0.05) is 12.9 Å². The second-order valence-electron chi connectivity index (χ2n) is 2.19. The van der Waals surface area contributed by atoms with Crippen molar-refractivity contribution in [3.63, 3.8) is 0 Å². The molecule has 0 aromatic carbocycles. The Morgan fingerprint density at radius 3 is 3.23 bits per heavy atom. The first-order valence-corrected chi connectivity index (χ1v) is 5.38. The smallest absolute Gasteiger partial charge is 0.266 e. The van der Waals surface area contributed by atoms with Crippen LogP contribution in [0.2, 0.25) is 0 Å². The van der Waals surface area contributed by atoms with Gasteiger partial charge < -0.3 is 9.72 Å². The van der Waals surface area contributed by atoms with Gasteiger partial charge >= 0.3 is 0 Å². The number of aromatic nitrogens is 2. The van der Waals surface area contributed by atoms with Crippen molar-refractivity contribution in [2.24, 2.45) is 0 Å². The van der Waals surface area contributed by atoms with E-state index in [2.05, 4.69) is 25.9 Å². The van der Waals surface area contributed by atoms with Gasteiger partial charge in [0.15, 0.2) is 0 Å². The first-order valence-electron chi connectivity index (χ1n) is 3.60. The van der Waals surface area contributed by atoms with E-state index < -0.39 is 0 Å². The van der Waals surface area contributed by atoms with Crippen molar-refractivity contribution in [2.75, 3.05) is 19.5 Å².